The van der Waals surface area contributed by atoms with Crippen molar-refractivity contribution in [2.45, 2.75) is 37.1 Å². The second-order valence-electron chi connectivity index (χ2n) is 5.72. The third-order valence-corrected chi connectivity index (χ3v) is 6.82. The number of rotatable bonds is 5. The molecule has 0 spiro atoms. The monoisotopic (exact) mass is 349 g/mol. The fourth-order valence-electron chi connectivity index (χ4n) is 2.78. The van der Waals surface area contributed by atoms with E-state index in [9.17, 15) is 13.2 Å². The number of hydrogen-bond acceptors (Lipinski definition) is 4. The fraction of sp³-hybridized carbons (Fsp3) is 0.353. The minimum atomic E-state index is -3.11. The molecule has 2 heterocycles. The van der Waals surface area contributed by atoms with Crippen molar-refractivity contribution < 1.29 is 13.2 Å². The van der Waals surface area contributed by atoms with Crippen LogP contribution < -0.4 is 5.32 Å². The van der Waals surface area contributed by atoms with Crippen LogP contribution in [-0.4, -0.2) is 20.1 Å². The SMILES string of the molecule is O=C(CCc1cccs1)NCc1ccc2c(c1)CCCS2(=O)=O. The number of fused-ring (bicyclic) bond motifs is 1. The van der Waals surface area contributed by atoms with Crippen molar-refractivity contribution in [3.8, 4) is 0 Å². The number of aryl methyl sites for hydroxylation is 2. The first-order valence-electron chi connectivity index (χ1n) is 7.68. The quantitative estimate of drug-likeness (QED) is 0.903. The van der Waals surface area contributed by atoms with Crippen LogP contribution in [0.25, 0.3) is 0 Å². The largest absolute Gasteiger partial charge is 0.352 e. The van der Waals surface area contributed by atoms with Crippen LogP contribution in [0.3, 0.4) is 0 Å². The average molecular weight is 349 g/mol. The predicted octanol–water partition coefficient (Wildman–Crippen LogP) is 2.72. The summed E-state index contributed by atoms with van der Waals surface area (Å²) in [7, 11) is -3.11. The van der Waals surface area contributed by atoms with Crippen LogP contribution >= 0.6 is 11.3 Å². The summed E-state index contributed by atoms with van der Waals surface area (Å²) in [5, 5.41) is 4.91. The van der Waals surface area contributed by atoms with Crippen LogP contribution in [0.2, 0.25) is 0 Å². The van der Waals surface area contributed by atoms with E-state index < -0.39 is 9.84 Å². The summed E-state index contributed by atoms with van der Waals surface area (Å²) in [5.41, 5.74) is 1.83. The lowest BCUT2D eigenvalue weighted by Gasteiger charge is -2.17. The Morgan fingerprint density at radius 1 is 1.26 bits per heavy atom. The maximum atomic E-state index is 12.0. The van der Waals surface area contributed by atoms with Gasteiger partial charge in [0.2, 0.25) is 5.91 Å². The zero-order valence-electron chi connectivity index (χ0n) is 12.7. The lowest BCUT2D eigenvalue weighted by molar-refractivity contribution is -0.121. The minimum Gasteiger partial charge on any atom is -0.352 e. The van der Waals surface area contributed by atoms with Crippen LogP contribution in [0.1, 0.15) is 28.8 Å². The Balaban J connectivity index is 1.57. The summed E-state index contributed by atoms with van der Waals surface area (Å²) < 4.78 is 24.0. The molecule has 4 nitrogen and oxygen atoms in total. The van der Waals surface area contributed by atoms with E-state index in [4.69, 9.17) is 0 Å². The van der Waals surface area contributed by atoms with E-state index in [0.29, 0.717) is 24.3 Å². The molecule has 0 saturated heterocycles. The zero-order valence-corrected chi connectivity index (χ0v) is 14.4. The van der Waals surface area contributed by atoms with Crippen molar-refractivity contribution in [2.24, 2.45) is 0 Å². The van der Waals surface area contributed by atoms with Crippen molar-refractivity contribution >= 4 is 27.1 Å². The van der Waals surface area contributed by atoms with Crippen LogP contribution in [-0.2, 0) is 34.0 Å². The molecular weight excluding hydrogens is 330 g/mol. The van der Waals surface area contributed by atoms with Crippen LogP contribution in [0.15, 0.2) is 40.6 Å². The maximum absolute atomic E-state index is 12.0. The molecule has 0 unspecified atom stereocenters. The molecule has 1 aromatic carbocycles. The minimum absolute atomic E-state index is 0.0174. The molecule has 0 aliphatic carbocycles. The van der Waals surface area contributed by atoms with Gasteiger partial charge in [0.1, 0.15) is 0 Å². The molecule has 23 heavy (non-hydrogen) atoms. The first-order valence-corrected chi connectivity index (χ1v) is 10.2. The summed E-state index contributed by atoms with van der Waals surface area (Å²) in [4.78, 5) is 13.6. The van der Waals surface area contributed by atoms with Crippen molar-refractivity contribution in [1.82, 2.24) is 5.32 Å². The smallest absolute Gasteiger partial charge is 0.220 e. The van der Waals surface area contributed by atoms with Gasteiger partial charge in [0.15, 0.2) is 9.84 Å². The molecule has 1 amide bonds. The Bertz CT molecular complexity index is 795. The number of hydrogen-bond donors (Lipinski definition) is 1. The van der Waals surface area contributed by atoms with Gasteiger partial charge in [0, 0.05) is 17.8 Å². The molecule has 1 aliphatic rings. The highest BCUT2D eigenvalue weighted by Gasteiger charge is 2.23. The Morgan fingerprint density at radius 2 is 2.13 bits per heavy atom. The molecule has 0 fully saturated rings. The first-order chi connectivity index (χ1) is 11.0. The lowest BCUT2D eigenvalue weighted by atomic mass is 10.1. The van der Waals surface area contributed by atoms with Gasteiger partial charge in [-0.05, 0) is 47.9 Å². The third-order valence-electron chi connectivity index (χ3n) is 3.99. The molecule has 3 rings (SSSR count). The van der Waals surface area contributed by atoms with Gasteiger partial charge in [-0.2, -0.15) is 0 Å². The molecule has 1 N–H and O–H groups in total. The van der Waals surface area contributed by atoms with Gasteiger partial charge in [-0.25, -0.2) is 8.42 Å². The zero-order chi connectivity index (χ0) is 16.3. The van der Waals surface area contributed by atoms with E-state index in [0.717, 1.165) is 24.0 Å². The fourth-order valence-corrected chi connectivity index (χ4v) is 5.07. The molecule has 0 atom stereocenters. The van der Waals surface area contributed by atoms with Gasteiger partial charge in [0.05, 0.1) is 10.6 Å². The van der Waals surface area contributed by atoms with Crippen LogP contribution in [0, 0.1) is 0 Å². The van der Waals surface area contributed by atoms with Gasteiger partial charge in [-0.1, -0.05) is 18.2 Å². The summed E-state index contributed by atoms with van der Waals surface area (Å²) in [6, 6.07) is 9.39. The standard InChI is InChI=1S/C17H19NO3S2/c19-17(8-6-15-4-1-9-22-15)18-12-13-5-7-16-14(11-13)3-2-10-23(16,20)21/h1,4-5,7,9,11H,2-3,6,8,10,12H2,(H,18,19). The second-order valence-corrected chi connectivity index (χ2v) is 8.83. The van der Waals surface area contributed by atoms with E-state index in [1.165, 1.54) is 4.88 Å². The van der Waals surface area contributed by atoms with Gasteiger partial charge in [-0.15, -0.1) is 11.3 Å². The number of benzene rings is 1. The highest BCUT2D eigenvalue weighted by molar-refractivity contribution is 7.91. The summed E-state index contributed by atoms with van der Waals surface area (Å²) >= 11 is 1.66. The van der Waals surface area contributed by atoms with Crippen molar-refractivity contribution in [1.29, 1.82) is 0 Å². The van der Waals surface area contributed by atoms with Crippen molar-refractivity contribution in [3.63, 3.8) is 0 Å². The number of amides is 1. The van der Waals surface area contributed by atoms with E-state index in [1.54, 1.807) is 23.5 Å². The van der Waals surface area contributed by atoms with Gasteiger partial charge < -0.3 is 5.32 Å². The molecule has 0 saturated carbocycles. The van der Waals surface area contributed by atoms with E-state index in [-0.39, 0.29) is 11.7 Å². The maximum Gasteiger partial charge on any atom is 0.220 e. The molecule has 0 bridgehead atoms. The highest BCUT2D eigenvalue weighted by Crippen LogP contribution is 2.25. The molecule has 1 aromatic heterocycles. The number of thiophene rings is 1. The summed E-state index contributed by atoms with van der Waals surface area (Å²) in [6.07, 6.45) is 2.69. The van der Waals surface area contributed by atoms with Crippen molar-refractivity contribution in [3.05, 3.63) is 51.7 Å². The number of sulfone groups is 1. The average Bonchev–Trinajstić information content (AvgIpc) is 3.04. The van der Waals surface area contributed by atoms with Crippen LogP contribution in [0.4, 0.5) is 0 Å². The number of carbonyl (C=O) groups is 1. The normalized spacial score (nSPS) is 15.8. The Hall–Kier alpha value is -1.66. The Labute approximate surface area is 140 Å². The number of nitrogens with one attached hydrogen (secondary N) is 1. The molecule has 0 radical (unpaired) electrons. The number of carbonyl (C=O) groups excluding carboxylic acids is 1. The van der Waals surface area contributed by atoms with E-state index in [2.05, 4.69) is 5.32 Å². The topological polar surface area (TPSA) is 63.2 Å². The molecular formula is C17H19NO3S2. The Morgan fingerprint density at radius 3 is 2.91 bits per heavy atom. The summed E-state index contributed by atoms with van der Waals surface area (Å²) in [5.74, 6) is 0.252. The second kappa shape index (κ2) is 6.84. The van der Waals surface area contributed by atoms with Crippen LogP contribution in [0.5, 0.6) is 0 Å². The Kier molecular flexibility index (Phi) is 4.82. The van der Waals surface area contributed by atoms with E-state index >= 15 is 0 Å². The van der Waals surface area contributed by atoms with Gasteiger partial charge in [0.25, 0.3) is 0 Å². The molecule has 1 aliphatic heterocycles. The van der Waals surface area contributed by atoms with Crippen molar-refractivity contribution in [2.75, 3.05) is 5.75 Å². The molecule has 6 heteroatoms. The third kappa shape index (κ3) is 4.00. The molecule has 122 valence electrons. The first kappa shape index (κ1) is 16.2. The molecule has 2 aromatic rings. The lowest BCUT2D eigenvalue weighted by Crippen LogP contribution is -2.23. The van der Waals surface area contributed by atoms with Gasteiger partial charge >= 0.3 is 0 Å². The summed E-state index contributed by atoms with van der Waals surface area (Å²) in [6.45, 7) is 0.441. The highest BCUT2D eigenvalue weighted by atomic mass is 32.2. The van der Waals surface area contributed by atoms with E-state index in [1.807, 2.05) is 23.6 Å². The van der Waals surface area contributed by atoms with Gasteiger partial charge in [-0.3, -0.25) is 4.79 Å². The predicted molar refractivity (Wildman–Crippen MR) is 91.3 cm³/mol.